The number of nitrogen functional groups attached to an aromatic ring is 1. The van der Waals surface area contributed by atoms with Crippen LogP contribution in [0.1, 0.15) is 45.9 Å². The number of rotatable bonds is 7. The molecule has 2 heterocycles. The van der Waals surface area contributed by atoms with Gasteiger partial charge in [0.1, 0.15) is 24.0 Å². The summed E-state index contributed by atoms with van der Waals surface area (Å²) in [5, 5.41) is 21.4. The smallest absolute Gasteiger partial charge is 0.253 e. The molecule has 1 aromatic heterocycles. The molecule has 182 valence electrons. The SMILES string of the molecule is N=C(N)c1ccc(O)c(C(Cc2ccccc2)[NH2+]c2ncnc3cc(C(=O)N4CCCC4)ccc23)c1. The molecule has 8 nitrogen and oxygen atoms in total. The Morgan fingerprint density at radius 3 is 2.53 bits per heavy atom. The molecule has 1 unspecified atom stereocenters. The fourth-order valence-electron chi connectivity index (χ4n) is 4.78. The van der Waals surface area contributed by atoms with Crippen molar-refractivity contribution >= 4 is 28.5 Å². The van der Waals surface area contributed by atoms with Crippen LogP contribution in [0.25, 0.3) is 10.9 Å². The highest BCUT2D eigenvalue weighted by Crippen LogP contribution is 2.28. The van der Waals surface area contributed by atoms with Crippen LogP contribution in [0.2, 0.25) is 0 Å². The summed E-state index contributed by atoms with van der Waals surface area (Å²) in [5.41, 5.74) is 9.37. The molecule has 0 bridgehead atoms. The largest absolute Gasteiger partial charge is 0.507 e. The summed E-state index contributed by atoms with van der Waals surface area (Å²) < 4.78 is 0. The number of phenols is 1. The number of aromatic hydroxyl groups is 1. The van der Waals surface area contributed by atoms with Gasteiger partial charge >= 0.3 is 0 Å². The third-order valence-electron chi connectivity index (χ3n) is 6.70. The molecule has 1 aliphatic heterocycles. The van der Waals surface area contributed by atoms with Crippen molar-refractivity contribution in [1.82, 2.24) is 14.9 Å². The van der Waals surface area contributed by atoms with E-state index in [1.807, 2.05) is 58.7 Å². The van der Waals surface area contributed by atoms with E-state index in [4.69, 9.17) is 11.1 Å². The highest BCUT2D eigenvalue weighted by atomic mass is 16.3. The first-order chi connectivity index (χ1) is 17.5. The van der Waals surface area contributed by atoms with Crippen LogP contribution in [0.15, 0.2) is 73.1 Å². The van der Waals surface area contributed by atoms with E-state index in [1.54, 1.807) is 18.2 Å². The molecule has 4 aromatic rings. The van der Waals surface area contributed by atoms with E-state index in [2.05, 4.69) is 9.97 Å². The zero-order chi connectivity index (χ0) is 25.1. The van der Waals surface area contributed by atoms with Gasteiger partial charge in [0.15, 0.2) is 0 Å². The highest BCUT2D eigenvalue weighted by molar-refractivity contribution is 5.99. The van der Waals surface area contributed by atoms with Gasteiger partial charge in [0, 0.05) is 30.6 Å². The van der Waals surface area contributed by atoms with Gasteiger partial charge in [0.25, 0.3) is 5.91 Å². The van der Waals surface area contributed by atoms with Crippen LogP contribution in [0.4, 0.5) is 5.82 Å². The molecule has 8 heteroatoms. The average molecular weight is 482 g/mol. The van der Waals surface area contributed by atoms with Gasteiger partial charge in [-0.25, -0.2) is 4.98 Å². The molecule has 36 heavy (non-hydrogen) atoms. The number of amidine groups is 1. The summed E-state index contributed by atoms with van der Waals surface area (Å²) in [4.78, 5) is 23.7. The van der Waals surface area contributed by atoms with Crippen LogP contribution in [-0.4, -0.2) is 44.8 Å². The monoisotopic (exact) mass is 481 g/mol. The second kappa shape index (κ2) is 10.1. The maximum atomic E-state index is 12.9. The minimum atomic E-state index is -0.240. The molecule has 1 saturated heterocycles. The summed E-state index contributed by atoms with van der Waals surface area (Å²) in [7, 11) is 0. The molecule has 3 aromatic carbocycles. The third kappa shape index (κ3) is 4.89. The number of nitrogens with two attached hydrogens (primary N) is 2. The molecule has 0 radical (unpaired) electrons. The summed E-state index contributed by atoms with van der Waals surface area (Å²) in [6.45, 7) is 1.59. The normalized spacial score (nSPS) is 14.2. The van der Waals surface area contributed by atoms with Crippen LogP contribution < -0.4 is 11.1 Å². The zero-order valence-electron chi connectivity index (χ0n) is 19.9. The zero-order valence-corrected chi connectivity index (χ0v) is 19.9. The van der Waals surface area contributed by atoms with E-state index in [0.717, 1.165) is 36.9 Å². The second-order valence-electron chi connectivity index (χ2n) is 9.14. The Kier molecular flexibility index (Phi) is 6.60. The molecule has 0 spiro atoms. The molecule has 5 rings (SSSR count). The van der Waals surface area contributed by atoms with Gasteiger partial charge < -0.3 is 15.7 Å². The number of benzene rings is 3. The second-order valence-corrected chi connectivity index (χ2v) is 9.14. The molecule has 1 aliphatic rings. The quantitative estimate of drug-likeness (QED) is 0.238. The van der Waals surface area contributed by atoms with Crippen LogP contribution in [0.3, 0.4) is 0 Å². The van der Waals surface area contributed by atoms with Crippen molar-refractivity contribution in [2.24, 2.45) is 5.73 Å². The minimum absolute atomic E-state index is 0.0338. The number of amides is 1. The maximum Gasteiger partial charge on any atom is 0.253 e. The number of likely N-dealkylation sites (tertiary alicyclic amines) is 1. The number of nitrogens with zero attached hydrogens (tertiary/aromatic N) is 3. The van der Waals surface area contributed by atoms with Gasteiger partial charge in [-0.1, -0.05) is 30.3 Å². The van der Waals surface area contributed by atoms with Crippen LogP contribution >= 0.6 is 0 Å². The van der Waals surface area contributed by atoms with E-state index in [1.165, 1.54) is 6.33 Å². The van der Waals surface area contributed by atoms with Gasteiger partial charge in [0.05, 0.1) is 16.5 Å². The fraction of sp³-hybridized carbons (Fsp3) is 0.214. The lowest BCUT2D eigenvalue weighted by atomic mass is 9.96. The number of carbonyl (C=O) groups excluding carboxylic acids is 1. The lowest BCUT2D eigenvalue weighted by Gasteiger charge is -2.19. The molecule has 1 amide bonds. The van der Waals surface area contributed by atoms with E-state index < -0.39 is 0 Å². The molecular formula is C28H29N6O2+. The van der Waals surface area contributed by atoms with Gasteiger partial charge in [-0.15, -0.1) is 0 Å². The lowest BCUT2D eigenvalue weighted by molar-refractivity contribution is -0.619. The van der Waals surface area contributed by atoms with Crippen LogP contribution in [-0.2, 0) is 6.42 Å². The van der Waals surface area contributed by atoms with Crippen LogP contribution in [0.5, 0.6) is 5.75 Å². The Hall–Kier alpha value is -4.30. The lowest BCUT2D eigenvalue weighted by Crippen LogP contribution is -2.80. The Morgan fingerprint density at radius 2 is 1.78 bits per heavy atom. The predicted molar refractivity (Wildman–Crippen MR) is 138 cm³/mol. The average Bonchev–Trinajstić information content (AvgIpc) is 3.44. The van der Waals surface area contributed by atoms with Gasteiger partial charge in [-0.05, 0) is 54.8 Å². The number of phenolic OH excluding ortho intramolecular Hbond substituents is 1. The first-order valence-electron chi connectivity index (χ1n) is 12.1. The van der Waals surface area contributed by atoms with Crippen molar-refractivity contribution in [2.75, 3.05) is 13.1 Å². The van der Waals surface area contributed by atoms with E-state index in [0.29, 0.717) is 34.4 Å². The summed E-state index contributed by atoms with van der Waals surface area (Å²) in [6, 6.07) is 20.3. The highest BCUT2D eigenvalue weighted by Gasteiger charge is 2.24. The van der Waals surface area contributed by atoms with E-state index in [-0.39, 0.29) is 23.5 Å². The molecular weight excluding hydrogens is 452 g/mol. The first kappa shape index (κ1) is 23.4. The fourth-order valence-corrected chi connectivity index (χ4v) is 4.78. The molecule has 1 fully saturated rings. The molecule has 1 atom stereocenters. The number of nitrogens with one attached hydrogen (secondary N) is 1. The van der Waals surface area contributed by atoms with Crippen molar-refractivity contribution in [1.29, 1.82) is 5.41 Å². The molecule has 0 aliphatic carbocycles. The Bertz CT molecular complexity index is 1420. The first-order valence-corrected chi connectivity index (χ1v) is 12.1. The number of hydrogen-bond acceptors (Lipinski definition) is 5. The van der Waals surface area contributed by atoms with Crippen molar-refractivity contribution in [2.45, 2.75) is 25.3 Å². The van der Waals surface area contributed by atoms with Crippen LogP contribution in [0, 0.1) is 5.41 Å². The Balaban J connectivity index is 1.51. The summed E-state index contributed by atoms with van der Waals surface area (Å²) in [6.07, 6.45) is 4.21. The number of quaternary nitrogens is 1. The predicted octanol–water partition coefficient (Wildman–Crippen LogP) is 3.03. The van der Waals surface area contributed by atoms with Crippen molar-refractivity contribution in [3.05, 3.63) is 95.3 Å². The van der Waals surface area contributed by atoms with Gasteiger partial charge in [-0.2, -0.15) is 4.98 Å². The Morgan fingerprint density at radius 1 is 1.03 bits per heavy atom. The summed E-state index contributed by atoms with van der Waals surface area (Å²) >= 11 is 0. The maximum absolute atomic E-state index is 12.9. The number of carbonyl (C=O) groups is 1. The standard InChI is InChI=1S/C28H28N6O2/c29-26(30)19-9-11-25(35)22(15-19)24(14-18-6-2-1-3-7-18)33-27-21-10-8-20(16-23(21)31-17-32-27)28(36)34-12-4-5-13-34/h1-3,6-11,15-17,24,35H,4-5,12-14H2,(H3,29,30)(H,31,32,33)/p+1. The minimum Gasteiger partial charge on any atom is -0.507 e. The topological polar surface area (TPSA) is 133 Å². The van der Waals surface area contributed by atoms with Crippen molar-refractivity contribution in [3.63, 3.8) is 0 Å². The van der Waals surface area contributed by atoms with Crippen molar-refractivity contribution in [3.8, 4) is 5.75 Å². The number of hydrogen-bond donors (Lipinski definition) is 4. The third-order valence-corrected chi connectivity index (χ3v) is 6.70. The number of aromatic nitrogens is 2. The Labute approximate surface area is 209 Å². The van der Waals surface area contributed by atoms with Crippen molar-refractivity contribution < 1.29 is 15.2 Å². The molecule has 0 saturated carbocycles. The van der Waals surface area contributed by atoms with Gasteiger partial charge in [-0.3, -0.25) is 15.5 Å². The van der Waals surface area contributed by atoms with E-state index in [9.17, 15) is 9.90 Å². The number of fused-ring (bicyclic) bond motifs is 1. The van der Waals surface area contributed by atoms with E-state index >= 15 is 0 Å². The molecule has 6 N–H and O–H groups in total. The summed E-state index contributed by atoms with van der Waals surface area (Å²) in [5.74, 6) is 0.826. The van der Waals surface area contributed by atoms with Gasteiger partial charge in [0.2, 0.25) is 5.82 Å².